The first-order valence-electron chi connectivity index (χ1n) is 27.5. The van der Waals surface area contributed by atoms with Crippen molar-refractivity contribution in [2.75, 3.05) is 6.61 Å². The lowest BCUT2D eigenvalue weighted by atomic mass is 9.44. The number of Topliss-reactive ketones (excluding diaryl/α,β-unsaturated/α-hetero) is 3. The van der Waals surface area contributed by atoms with Gasteiger partial charge in [0.05, 0.1) is 0 Å². The molecular weight excluding hydrogens is 869 g/mol. The van der Waals surface area contributed by atoms with Crippen molar-refractivity contribution in [3.63, 3.8) is 0 Å². The third-order valence-corrected chi connectivity index (χ3v) is 22.0. The van der Waals surface area contributed by atoms with Gasteiger partial charge in [0.25, 0.3) is 0 Å². The van der Waals surface area contributed by atoms with Crippen LogP contribution in [0, 0.1) is 111 Å². The highest BCUT2D eigenvalue weighted by atomic mass is 16.5. The van der Waals surface area contributed by atoms with Crippen LogP contribution < -0.4 is 0 Å². The molecule has 0 aliphatic heterocycles. The number of hydrogen-bond acceptors (Lipinski definition) is 7. The van der Waals surface area contributed by atoms with Gasteiger partial charge in [0, 0.05) is 35.4 Å². The van der Waals surface area contributed by atoms with Gasteiger partial charge < -0.3 is 14.9 Å². The summed E-state index contributed by atoms with van der Waals surface area (Å²) in [5.41, 5.74) is 2.58. The minimum absolute atomic E-state index is 0.178. The molecule has 7 nitrogen and oxygen atoms in total. The van der Waals surface area contributed by atoms with Crippen molar-refractivity contribution in [2.45, 2.75) is 182 Å². The van der Waals surface area contributed by atoms with E-state index in [4.69, 9.17) is 4.74 Å². The maximum Gasteiger partial charge on any atom is 0.303 e. The van der Waals surface area contributed by atoms with E-state index in [1.807, 2.05) is 6.92 Å². The first-order valence-corrected chi connectivity index (χ1v) is 27.5. The first-order chi connectivity index (χ1) is 33.1. The summed E-state index contributed by atoms with van der Waals surface area (Å²) in [6.07, 6.45) is 19.4. The minimum atomic E-state index is -0.989. The number of ether oxygens (including phenoxy) is 1. The van der Waals surface area contributed by atoms with Crippen LogP contribution in [0.4, 0.5) is 0 Å². The Morgan fingerprint density at radius 3 is 1.36 bits per heavy atom. The first kappa shape index (κ1) is 50.9. The maximum atomic E-state index is 12.4. The van der Waals surface area contributed by atoms with E-state index in [-0.39, 0.29) is 40.5 Å². The van der Waals surface area contributed by atoms with Gasteiger partial charge in [-0.05, 0) is 230 Å². The summed E-state index contributed by atoms with van der Waals surface area (Å²) in [5.74, 6) is 18.8. The summed E-state index contributed by atoms with van der Waals surface area (Å²) in [4.78, 5) is 47.9. The summed E-state index contributed by atoms with van der Waals surface area (Å²) in [5, 5.41) is 22.9. The molecule has 10 rings (SSSR count). The topological polar surface area (TPSA) is 118 Å². The molecule has 7 heteroatoms. The normalized spacial score (nSPS) is 42.1. The molecule has 0 saturated heterocycles. The van der Waals surface area contributed by atoms with Crippen molar-refractivity contribution < 1.29 is 34.1 Å². The van der Waals surface area contributed by atoms with Crippen LogP contribution in [0.2, 0.25) is 0 Å². The summed E-state index contributed by atoms with van der Waals surface area (Å²) in [6, 6.07) is 15.2. The summed E-state index contributed by atoms with van der Waals surface area (Å²) < 4.78 is 4.79. The van der Waals surface area contributed by atoms with Gasteiger partial charge in [-0.1, -0.05) is 81.2 Å². The molecule has 2 N–H and O–H groups in total. The lowest BCUT2D eigenvalue weighted by Gasteiger charge is -2.61. The highest BCUT2D eigenvalue weighted by molar-refractivity contribution is 5.98. The Morgan fingerprint density at radius 1 is 0.529 bits per heavy atom. The van der Waals surface area contributed by atoms with E-state index in [9.17, 15) is 29.4 Å². The smallest absolute Gasteiger partial charge is 0.303 e. The van der Waals surface area contributed by atoms with Gasteiger partial charge >= 0.3 is 5.97 Å². The van der Waals surface area contributed by atoms with Crippen LogP contribution in [0.5, 0.6) is 0 Å². The van der Waals surface area contributed by atoms with Crippen molar-refractivity contribution in [1.29, 1.82) is 0 Å². The molecule has 8 aliphatic carbocycles. The standard InChI is InChI=1S/C33H42O5.C30H40O2/c1-21(34)27-11-12-28-26-10-9-25-19-33(37,18-17-31(25,3)29(26)14-15-32(27,28)4)16-13-23-5-7-24(8-6-23)30(36)20-38-22(2)35;1-20-5-7-22(8-6-20)13-16-30(32)18-17-28(3)23(19-30)9-10-24-26-12-11-25(21(2)31)29(26,4)15-14-27(24)28/h5-8,25-29,37H,9-12,14-15,17-20H2,1-4H3;5-8,23-27,32H,9-12,14-15,17-19H2,1-4H3/t25?,26-,27+,28-,29-,31-,32+,33?;23?,24-,25+,26-,27-,28-,29+,30?/m00/s1. The lowest BCUT2D eigenvalue weighted by molar-refractivity contribution is -0.144. The summed E-state index contributed by atoms with van der Waals surface area (Å²) in [6.45, 7) is 16.6. The predicted octanol–water partition coefficient (Wildman–Crippen LogP) is 12.1. The van der Waals surface area contributed by atoms with E-state index in [1.54, 1.807) is 31.2 Å². The second-order valence-corrected chi connectivity index (χ2v) is 25.5. The van der Waals surface area contributed by atoms with Gasteiger partial charge in [0.2, 0.25) is 0 Å². The molecule has 70 heavy (non-hydrogen) atoms. The van der Waals surface area contributed by atoms with Gasteiger partial charge in [-0.3, -0.25) is 19.2 Å². The van der Waals surface area contributed by atoms with Gasteiger partial charge in [-0.25, -0.2) is 0 Å². The van der Waals surface area contributed by atoms with Crippen molar-refractivity contribution in [1.82, 2.24) is 0 Å². The molecule has 8 aliphatic rings. The van der Waals surface area contributed by atoms with Crippen LogP contribution in [-0.2, 0) is 19.1 Å². The Hall–Kier alpha value is -4.04. The highest BCUT2D eigenvalue weighted by Gasteiger charge is 2.63. The fourth-order valence-corrected chi connectivity index (χ4v) is 18.1. The van der Waals surface area contributed by atoms with Crippen molar-refractivity contribution in [3.05, 3.63) is 70.8 Å². The molecule has 376 valence electrons. The summed E-state index contributed by atoms with van der Waals surface area (Å²) in [7, 11) is 0. The van der Waals surface area contributed by atoms with E-state index < -0.39 is 17.2 Å². The van der Waals surface area contributed by atoms with Crippen LogP contribution in [0.15, 0.2) is 48.5 Å². The van der Waals surface area contributed by atoms with Crippen LogP contribution >= 0.6 is 0 Å². The largest absolute Gasteiger partial charge is 0.457 e. The quantitative estimate of drug-likeness (QED) is 0.174. The number of esters is 1. The monoisotopic (exact) mass is 951 g/mol. The molecule has 0 aromatic heterocycles. The Bertz CT molecular complexity index is 2470. The number of ketones is 3. The molecule has 2 aromatic carbocycles. The van der Waals surface area contributed by atoms with Crippen LogP contribution in [0.1, 0.15) is 191 Å². The zero-order chi connectivity index (χ0) is 50.0. The van der Waals surface area contributed by atoms with Gasteiger partial charge in [0.15, 0.2) is 12.4 Å². The number of fused-ring (bicyclic) bond motifs is 10. The van der Waals surface area contributed by atoms with Crippen molar-refractivity contribution >= 4 is 23.3 Å². The van der Waals surface area contributed by atoms with E-state index in [0.717, 1.165) is 86.7 Å². The van der Waals surface area contributed by atoms with E-state index >= 15 is 0 Å². The third kappa shape index (κ3) is 9.32. The van der Waals surface area contributed by atoms with E-state index in [2.05, 4.69) is 82.6 Å². The zero-order valence-corrected chi connectivity index (χ0v) is 43.8. The molecule has 16 atom stereocenters. The molecule has 0 spiro atoms. The number of aryl methyl sites for hydroxylation is 1. The molecule has 4 unspecified atom stereocenters. The number of hydrogen-bond donors (Lipinski definition) is 2. The minimum Gasteiger partial charge on any atom is -0.457 e. The molecule has 8 saturated carbocycles. The van der Waals surface area contributed by atoms with Gasteiger partial charge in [-0.15, -0.1) is 0 Å². The van der Waals surface area contributed by atoms with E-state index in [0.29, 0.717) is 58.6 Å². The predicted molar refractivity (Wildman–Crippen MR) is 274 cm³/mol. The lowest BCUT2D eigenvalue weighted by Crippen LogP contribution is -2.56. The van der Waals surface area contributed by atoms with Crippen LogP contribution in [0.3, 0.4) is 0 Å². The van der Waals surface area contributed by atoms with Gasteiger partial charge in [0.1, 0.15) is 22.8 Å². The fraction of sp³-hybridized carbons (Fsp3) is 0.683. The number of benzene rings is 2. The van der Waals surface area contributed by atoms with Crippen molar-refractivity contribution in [3.8, 4) is 23.7 Å². The number of carbonyl (C=O) groups is 4. The maximum absolute atomic E-state index is 12.4. The van der Waals surface area contributed by atoms with Crippen molar-refractivity contribution in [2.24, 2.45) is 80.8 Å². The Balaban J connectivity index is 0.000000176. The molecular formula is C63H82O7. The molecule has 8 fully saturated rings. The Morgan fingerprint density at radius 2 is 0.943 bits per heavy atom. The second-order valence-electron chi connectivity index (χ2n) is 25.5. The van der Waals surface area contributed by atoms with E-state index in [1.165, 1.54) is 63.9 Å². The van der Waals surface area contributed by atoms with Crippen LogP contribution in [0.25, 0.3) is 0 Å². The van der Waals surface area contributed by atoms with Crippen LogP contribution in [-0.4, -0.2) is 51.3 Å². The molecule has 0 amide bonds. The molecule has 0 heterocycles. The van der Waals surface area contributed by atoms with Gasteiger partial charge in [-0.2, -0.15) is 0 Å². The zero-order valence-electron chi connectivity index (χ0n) is 43.8. The highest BCUT2D eigenvalue weighted by Crippen LogP contribution is 2.70. The number of aliphatic hydroxyl groups is 2. The Kier molecular flexibility index (Phi) is 13.9. The SMILES string of the molecule is CC(=O)OCC(=O)c1ccc(C#CC2(O)CC[C@@]3(C)C(CC[C@H]4[C@@H]5CC[C@H](C(C)=O)[C@@]5(C)CC[C@@H]43)C2)cc1.CC(=O)[C@H]1CC[C@H]2[C@@H]3CCC4CC(O)(C#Cc5ccc(C)cc5)CC[C@]4(C)[C@H]3CC[C@]12C. The molecule has 0 bridgehead atoms. The summed E-state index contributed by atoms with van der Waals surface area (Å²) >= 11 is 0. The average Bonchev–Trinajstić information content (AvgIpc) is 3.88. The molecule has 0 radical (unpaired) electrons. The third-order valence-electron chi connectivity index (χ3n) is 22.0. The fourth-order valence-electron chi connectivity index (χ4n) is 18.1. The molecule has 2 aromatic rings. The number of carbonyl (C=O) groups excluding carboxylic acids is 4. The number of rotatable bonds is 5. The Labute approximate surface area is 419 Å². The second kappa shape index (κ2) is 19.1. The average molecular weight is 951 g/mol.